The molecule has 0 saturated carbocycles. The number of nitrogens with one attached hydrogen (secondary N) is 2. The van der Waals surface area contributed by atoms with Gasteiger partial charge in [-0.05, 0) is 35.2 Å². The molecule has 0 spiro atoms. The molecule has 37 heavy (non-hydrogen) atoms. The van der Waals surface area contributed by atoms with Gasteiger partial charge in [0.2, 0.25) is 5.91 Å². The normalized spacial score (nSPS) is 13.6. The Labute approximate surface area is 216 Å². The molecule has 0 radical (unpaired) electrons. The molecule has 2 aromatic heterocycles. The third-order valence-corrected chi connectivity index (χ3v) is 7.02. The number of fused-ring (bicyclic) bond motifs is 2. The van der Waals surface area contributed by atoms with Crippen LogP contribution in [-0.4, -0.2) is 51.8 Å². The first-order valence-corrected chi connectivity index (χ1v) is 12.5. The second-order valence-electron chi connectivity index (χ2n) is 9.43. The first-order chi connectivity index (χ1) is 17.9. The molecule has 0 fully saturated rings. The minimum absolute atomic E-state index is 0.102. The zero-order chi connectivity index (χ0) is 25.9. The van der Waals surface area contributed by atoms with E-state index in [0.29, 0.717) is 18.7 Å². The zero-order valence-electron chi connectivity index (χ0n) is 21.3. The molecular formula is C29H30N6O2. The molecule has 0 saturated heterocycles. The van der Waals surface area contributed by atoms with Crippen molar-refractivity contribution < 1.29 is 9.59 Å². The zero-order valence-corrected chi connectivity index (χ0v) is 21.3. The van der Waals surface area contributed by atoms with Crippen molar-refractivity contribution in [2.75, 3.05) is 25.5 Å². The van der Waals surface area contributed by atoms with E-state index in [-0.39, 0.29) is 17.7 Å². The maximum absolute atomic E-state index is 12.3. The first-order valence-electron chi connectivity index (χ1n) is 12.5. The van der Waals surface area contributed by atoms with Crippen molar-refractivity contribution in [2.24, 2.45) is 0 Å². The van der Waals surface area contributed by atoms with Gasteiger partial charge in [-0.15, -0.1) is 0 Å². The Bertz CT molecular complexity index is 1480. The summed E-state index contributed by atoms with van der Waals surface area (Å²) in [6.07, 6.45) is 4.12. The number of aromatic nitrogens is 3. The standard InChI is InChI=1S/C29H30N6O2/c1-18(23-5-4-6-24-25(29(37)30-3)9-11-31-28(23)24)15-32-27-14-26(33-17-34-27)21-8-7-20-10-12-35(19(2)36)16-22(20)13-21/h4-9,11,13-14,17-18H,10,12,15-16H2,1-3H3,(H,30,37)(H,32,33,34). The van der Waals surface area contributed by atoms with Crippen LogP contribution in [-0.2, 0) is 17.8 Å². The summed E-state index contributed by atoms with van der Waals surface area (Å²) < 4.78 is 0. The van der Waals surface area contributed by atoms with Crippen LogP contribution in [0.5, 0.6) is 0 Å². The molecular weight excluding hydrogens is 464 g/mol. The van der Waals surface area contributed by atoms with Crippen molar-refractivity contribution in [3.63, 3.8) is 0 Å². The van der Waals surface area contributed by atoms with Crippen molar-refractivity contribution >= 4 is 28.5 Å². The molecule has 2 aromatic carbocycles. The van der Waals surface area contributed by atoms with E-state index in [0.717, 1.165) is 46.5 Å². The van der Waals surface area contributed by atoms with Gasteiger partial charge in [-0.2, -0.15) is 0 Å². The van der Waals surface area contributed by atoms with Crippen molar-refractivity contribution in [1.29, 1.82) is 0 Å². The molecule has 1 aliphatic heterocycles. The van der Waals surface area contributed by atoms with Crippen LogP contribution in [0.25, 0.3) is 22.2 Å². The molecule has 2 N–H and O–H groups in total. The average molecular weight is 495 g/mol. The Morgan fingerprint density at radius 3 is 2.73 bits per heavy atom. The van der Waals surface area contributed by atoms with E-state index >= 15 is 0 Å². The summed E-state index contributed by atoms with van der Waals surface area (Å²) >= 11 is 0. The van der Waals surface area contributed by atoms with E-state index in [4.69, 9.17) is 0 Å². The number of amides is 2. The summed E-state index contributed by atoms with van der Waals surface area (Å²) in [5.74, 6) is 0.833. The van der Waals surface area contributed by atoms with Gasteiger partial charge in [0.25, 0.3) is 5.91 Å². The highest BCUT2D eigenvalue weighted by atomic mass is 16.2. The van der Waals surface area contributed by atoms with E-state index in [2.05, 4.69) is 56.8 Å². The molecule has 0 bridgehead atoms. The van der Waals surface area contributed by atoms with Crippen molar-refractivity contribution in [3.05, 3.63) is 83.3 Å². The van der Waals surface area contributed by atoms with Gasteiger partial charge < -0.3 is 15.5 Å². The Hall–Kier alpha value is -4.33. The highest BCUT2D eigenvalue weighted by Crippen LogP contribution is 2.28. The summed E-state index contributed by atoms with van der Waals surface area (Å²) in [6.45, 7) is 5.78. The Kier molecular flexibility index (Phi) is 6.81. The lowest BCUT2D eigenvalue weighted by molar-refractivity contribution is -0.129. The third-order valence-electron chi connectivity index (χ3n) is 7.02. The topological polar surface area (TPSA) is 100 Å². The fourth-order valence-corrected chi connectivity index (χ4v) is 4.89. The van der Waals surface area contributed by atoms with E-state index < -0.39 is 0 Å². The number of hydrogen-bond acceptors (Lipinski definition) is 6. The predicted molar refractivity (Wildman–Crippen MR) is 144 cm³/mol. The fraction of sp³-hybridized carbons (Fsp3) is 0.276. The molecule has 1 atom stereocenters. The summed E-state index contributed by atoms with van der Waals surface area (Å²) in [7, 11) is 1.63. The number of nitrogens with zero attached hydrogens (tertiary/aromatic N) is 4. The molecule has 3 heterocycles. The minimum Gasteiger partial charge on any atom is -0.369 e. The van der Waals surface area contributed by atoms with Crippen LogP contribution in [0.15, 0.2) is 61.1 Å². The Morgan fingerprint density at radius 1 is 1.05 bits per heavy atom. The number of benzene rings is 2. The smallest absolute Gasteiger partial charge is 0.251 e. The lowest BCUT2D eigenvalue weighted by atomic mass is 9.96. The van der Waals surface area contributed by atoms with Gasteiger partial charge in [0.1, 0.15) is 12.1 Å². The number of para-hydroxylation sites is 1. The van der Waals surface area contributed by atoms with Gasteiger partial charge in [-0.25, -0.2) is 9.97 Å². The summed E-state index contributed by atoms with van der Waals surface area (Å²) in [5, 5.41) is 6.98. The molecule has 1 unspecified atom stereocenters. The average Bonchev–Trinajstić information content (AvgIpc) is 2.94. The molecule has 8 nitrogen and oxygen atoms in total. The van der Waals surface area contributed by atoms with Gasteiger partial charge in [-0.3, -0.25) is 14.6 Å². The third kappa shape index (κ3) is 5.00. The summed E-state index contributed by atoms with van der Waals surface area (Å²) in [6, 6.07) is 16.0. The van der Waals surface area contributed by atoms with Crippen LogP contribution >= 0.6 is 0 Å². The predicted octanol–water partition coefficient (Wildman–Crippen LogP) is 4.17. The molecule has 1 aliphatic rings. The lowest BCUT2D eigenvalue weighted by Gasteiger charge is -2.28. The van der Waals surface area contributed by atoms with E-state index in [9.17, 15) is 9.59 Å². The minimum atomic E-state index is -0.125. The molecule has 5 rings (SSSR count). The van der Waals surface area contributed by atoms with Crippen LogP contribution in [0.4, 0.5) is 5.82 Å². The number of pyridine rings is 1. The van der Waals surface area contributed by atoms with Gasteiger partial charge in [0, 0.05) is 62.7 Å². The first kappa shape index (κ1) is 24.4. The lowest BCUT2D eigenvalue weighted by Crippen LogP contribution is -2.34. The molecule has 0 aliphatic carbocycles. The molecule has 188 valence electrons. The van der Waals surface area contributed by atoms with Crippen LogP contribution in [0.3, 0.4) is 0 Å². The summed E-state index contributed by atoms with van der Waals surface area (Å²) in [5.41, 5.74) is 6.79. The Balaban J connectivity index is 1.34. The van der Waals surface area contributed by atoms with Crippen LogP contribution < -0.4 is 10.6 Å². The van der Waals surface area contributed by atoms with E-state index in [1.54, 1.807) is 32.6 Å². The Morgan fingerprint density at radius 2 is 1.92 bits per heavy atom. The monoisotopic (exact) mass is 494 g/mol. The van der Waals surface area contributed by atoms with Gasteiger partial charge >= 0.3 is 0 Å². The van der Waals surface area contributed by atoms with Crippen LogP contribution in [0.2, 0.25) is 0 Å². The maximum Gasteiger partial charge on any atom is 0.251 e. The second-order valence-corrected chi connectivity index (χ2v) is 9.43. The molecule has 2 amide bonds. The number of carbonyl (C=O) groups excluding carboxylic acids is 2. The number of rotatable bonds is 6. The second kappa shape index (κ2) is 10.3. The molecule has 8 heteroatoms. The van der Waals surface area contributed by atoms with Crippen LogP contribution in [0.1, 0.15) is 46.8 Å². The van der Waals surface area contributed by atoms with Crippen LogP contribution in [0, 0.1) is 0 Å². The van der Waals surface area contributed by atoms with Crippen molar-refractivity contribution in [2.45, 2.75) is 32.7 Å². The SMILES string of the molecule is CNC(=O)c1ccnc2c(C(C)CNc3cc(-c4ccc5c(c4)CN(C(C)=O)CC5)ncn3)cccc12. The summed E-state index contributed by atoms with van der Waals surface area (Å²) in [4.78, 5) is 39.5. The van der Waals surface area contributed by atoms with E-state index in [1.807, 2.05) is 23.1 Å². The number of hydrogen-bond donors (Lipinski definition) is 2. The molecule has 4 aromatic rings. The largest absolute Gasteiger partial charge is 0.369 e. The van der Waals surface area contributed by atoms with Gasteiger partial charge in [0.15, 0.2) is 0 Å². The van der Waals surface area contributed by atoms with Gasteiger partial charge in [0.05, 0.1) is 16.8 Å². The van der Waals surface area contributed by atoms with Gasteiger partial charge in [-0.1, -0.05) is 37.3 Å². The van der Waals surface area contributed by atoms with Crippen molar-refractivity contribution in [3.8, 4) is 11.3 Å². The fourth-order valence-electron chi connectivity index (χ4n) is 4.89. The van der Waals surface area contributed by atoms with E-state index in [1.165, 1.54) is 11.1 Å². The van der Waals surface area contributed by atoms with Crippen molar-refractivity contribution in [1.82, 2.24) is 25.2 Å². The number of carbonyl (C=O) groups is 2. The maximum atomic E-state index is 12.3. The number of anilines is 1. The highest BCUT2D eigenvalue weighted by Gasteiger charge is 2.19. The quantitative estimate of drug-likeness (QED) is 0.417. The highest BCUT2D eigenvalue weighted by molar-refractivity contribution is 6.06.